The van der Waals surface area contributed by atoms with Crippen LogP contribution in [0.5, 0.6) is 11.5 Å². The van der Waals surface area contributed by atoms with Crippen LogP contribution in [-0.2, 0) is 4.79 Å². The molecule has 0 aliphatic heterocycles. The summed E-state index contributed by atoms with van der Waals surface area (Å²) in [5.74, 6) is 1.38. The number of hydrogen-bond acceptors (Lipinski definition) is 4. The number of ether oxygens (including phenoxy) is 2. The second kappa shape index (κ2) is 8.86. The highest BCUT2D eigenvalue weighted by molar-refractivity contribution is 6.00. The average molecular weight is 393 g/mol. The molecule has 0 spiro atoms. The maximum Gasteiger partial charge on any atom is 0.244 e. The standard InChI is InChI=1S/C24H27NO4/c1-6-28-22-13-23-20(12-19(22)16(4)11-24(26)25-15(2)3)21(14-29-23)17-7-9-18(27-5)10-8-17/h7-15H,6H2,1-5H3,(H,25,26)/b16-11+. The molecule has 1 amide bonds. The Bertz CT molecular complexity index is 1030. The summed E-state index contributed by atoms with van der Waals surface area (Å²) in [4.78, 5) is 12.2. The Hall–Kier alpha value is -3.21. The molecule has 3 rings (SSSR count). The Balaban J connectivity index is 2.09. The lowest BCUT2D eigenvalue weighted by Gasteiger charge is -2.12. The van der Waals surface area contributed by atoms with Gasteiger partial charge in [0.05, 0.1) is 20.0 Å². The number of nitrogens with one attached hydrogen (secondary N) is 1. The number of fused-ring (bicyclic) bond motifs is 1. The number of methoxy groups -OCH3 is 1. The Morgan fingerprint density at radius 2 is 1.93 bits per heavy atom. The van der Waals surface area contributed by atoms with Crippen molar-refractivity contribution < 1.29 is 18.7 Å². The van der Waals surface area contributed by atoms with Gasteiger partial charge in [-0.15, -0.1) is 0 Å². The van der Waals surface area contributed by atoms with Crippen LogP contribution in [0.15, 0.2) is 53.2 Å². The van der Waals surface area contributed by atoms with Crippen LogP contribution in [0.25, 0.3) is 27.7 Å². The van der Waals surface area contributed by atoms with Crippen LogP contribution >= 0.6 is 0 Å². The Morgan fingerprint density at radius 1 is 1.21 bits per heavy atom. The lowest BCUT2D eigenvalue weighted by atomic mass is 9.99. The first-order valence-corrected chi connectivity index (χ1v) is 9.74. The maximum absolute atomic E-state index is 12.2. The van der Waals surface area contributed by atoms with Gasteiger partial charge in [0, 0.05) is 34.7 Å². The summed E-state index contributed by atoms with van der Waals surface area (Å²) >= 11 is 0. The molecule has 0 saturated carbocycles. The first-order valence-electron chi connectivity index (χ1n) is 9.74. The molecular weight excluding hydrogens is 366 g/mol. The van der Waals surface area contributed by atoms with E-state index < -0.39 is 0 Å². The minimum Gasteiger partial charge on any atom is -0.497 e. The molecule has 5 heteroatoms. The van der Waals surface area contributed by atoms with Crippen LogP contribution in [0.3, 0.4) is 0 Å². The van der Waals surface area contributed by atoms with Crippen molar-refractivity contribution in [2.24, 2.45) is 0 Å². The molecule has 0 saturated heterocycles. The summed E-state index contributed by atoms with van der Waals surface area (Å²) in [6.07, 6.45) is 3.35. The van der Waals surface area contributed by atoms with Crippen molar-refractivity contribution in [3.05, 3.63) is 54.3 Å². The predicted octanol–water partition coefficient (Wildman–Crippen LogP) is 5.44. The van der Waals surface area contributed by atoms with E-state index in [9.17, 15) is 4.79 Å². The zero-order valence-electron chi connectivity index (χ0n) is 17.5. The topological polar surface area (TPSA) is 60.7 Å². The van der Waals surface area contributed by atoms with Crippen molar-refractivity contribution in [2.45, 2.75) is 33.7 Å². The van der Waals surface area contributed by atoms with E-state index >= 15 is 0 Å². The van der Waals surface area contributed by atoms with Gasteiger partial charge in [-0.25, -0.2) is 0 Å². The molecule has 0 atom stereocenters. The lowest BCUT2D eigenvalue weighted by Crippen LogP contribution is -2.28. The molecule has 0 aliphatic rings. The summed E-state index contributed by atoms with van der Waals surface area (Å²) in [7, 11) is 1.65. The number of rotatable bonds is 7. The van der Waals surface area contributed by atoms with Gasteiger partial charge in [0.15, 0.2) is 0 Å². The van der Waals surface area contributed by atoms with Gasteiger partial charge in [-0.3, -0.25) is 4.79 Å². The van der Waals surface area contributed by atoms with Gasteiger partial charge in [-0.05, 0) is 57.0 Å². The summed E-state index contributed by atoms with van der Waals surface area (Å²) in [5, 5.41) is 3.85. The molecule has 0 unspecified atom stereocenters. The molecule has 0 aliphatic carbocycles. The zero-order valence-corrected chi connectivity index (χ0v) is 17.5. The number of carbonyl (C=O) groups is 1. The fourth-order valence-electron chi connectivity index (χ4n) is 3.23. The Labute approximate surface area is 171 Å². The average Bonchev–Trinajstić information content (AvgIpc) is 3.09. The van der Waals surface area contributed by atoms with Crippen LogP contribution < -0.4 is 14.8 Å². The van der Waals surface area contributed by atoms with E-state index in [0.717, 1.165) is 39.0 Å². The van der Waals surface area contributed by atoms with Gasteiger partial charge in [-0.2, -0.15) is 0 Å². The van der Waals surface area contributed by atoms with E-state index in [-0.39, 0.29) is 11.9 Å². The number of benzene rings is 2. The van der Waals surface area contributed by atoms with Crippen molar-refractivity contribution in [1.29, 1.82) is 0 Å². The van der Waals surface area contributed by atoms with Crippen LogP contribution in [0.4, 0.5) is 0 Å². The SMILES string of the molecule is CCOc1cc2occ(-c3ccc(OC)cc3)c2cc1/C(C)=C/C(=O)NC(C)C. The normalized spacial score (nSPS) is 11.7. The summed E-state index contributed by atoms with van der Waals surface area (Å²) in [5.41, 5.74) is 4.44. The monoisotopic (exact) mass is 393 g/mol. The van der Waals surface area contributed by atoms with Crippen molar-refractivity contribution in [3.8, 4) is 22.6 Å². The van der Waals surface area contributed by atoms with Crippen molar-refractivity contribution in [1.82, 2.24) is 5.32 Å². The smallest absolute Gasteiger partial charge is 0.244 e. The van der Waals surface area contributed by atoms with Crippen molar-refractivity contribution >= 4 is 22.4 Å². The highest BCUT2D eigenvalue weighted by Crippen LogP contribution is 2.37. The van der Waals surface area contributed by atoms with Gasteiger partial charge in [0.2, 0.25) is 5.91 Å². The lowest BCUT2D eigenvalue weighted by molar-refractivity contribution is -0.116. The fraction of sp³-hybridized carbons (Fsp3) is 0.292. The minimum atomic E-state index is -0.123. The molecule has 5 nitrogen and oxygen atoms in total. The van der Waals surface area contributed by atoms with E-state index in [1.165, 1.54) is 0 Å². The Kier molecular flexibility index (Phi) is 6.27. The molecule has 1 N–H and O–H groups in total. The molecule has 2 aromatic carbocycles. The van der Waals surface area contributed by atoms with E-state index in [4.69, 9.17) is 13.9 Å². The van der Waals surface area contributed by atoms with Gasteiger partial charge in [-0.1, -0.05) is 12.1 Å². The second-order valence-electron chi connectivity index (χ2n) is 7.15. The Morgan fingerprint density at radius 3 is 2.55 bits per heavy atom. The third kappa shape index (κ3) is 4.62. The van der Waals surface area contributed by atoms with E-state index in [1.54, 1.807) is 19.4 Å². The van der Waals surface area contributed by atoms with E-state index in [0.29, 0.717) is 12.4 Å². The molecular formula is C24H27NO4. The van der Waals surface area contributed by atoms with Gasteiger partial charge in [0.25, 0.3) is 0 Å². The molecule has 1 heterocycles. The van der Waals surface area contributed by atoms with Gasteiger partial charge < -0.3 is 19.2 Å². The predicted molar refractivity (Wildman–Crippen MR) is 116 cm³/mol. The molecule has 0 fully saturated rings. The molecule has 0 radical (unpaired) electrons. The molecule has 29 heavy (non-hydrogen) atoms. The van der Waals surface area contributed by atoms with E-state index in [1.807, 2.05) is 64.1 Å². The first-order chi connectivity index (χ1) is 13.9. The van der Waals surface area contributed by atoms with Crippen LogP contribution in [0.1, 0.15) is 33.3 Å². The summed E-state index contributed by atoms with van der Waals surface area (Å²) in [6.45, 7) is 8.24. The van der Waals surface area contributed by atoms with Gasteiger partial charge in [0.1, 0.15) is 17.1 Å². The number of furan rings is 1. The molecule has 1 aromatic heterocycles. The third-order valence-electron chi connectivity index (χ3n) is 4.58. The number of hydrogen-bond donors (Lipinski definition) is 1. The van der Waals surface area contributed by atoms with Crippen LogP contribution in [0.2, 0.25) is 0 Å². The molecule has 0 bridgehead atoms. The highest BCUT2D eigenvalue weighted by atomic mass is 16.5. The largest absolute Gasteiger partial charge is 0.497 e. The van der Waals surface area contributed by atoms with Crippen molar-refractivity contribution in [3.63, 3.8) is 0 Å². The number of amides is 1. The number of allylic oxidation sites excluding steroid dienone is 1. The second-order valence-corrected chi connectivity index (χ2v) is 7.15. The zero-order chi connectivity index (χ0) is 21.0. The molecule has 3 aromatic rings. The highest BCUT2D eigenvalue weighted by Gasteiger charge is 2.15. The molecule has 152 valence electrons. The maximum atomic E-state index is 12.2. The quantitative estimate of drug-likeness (QED) is 0.543. The van der Waals surface area contributed by atoms with Crippen LogP contribution in [0, 0.1) is 0 Å². The van der Waals surface area contributed by atoms with E-state index in [2.05, 4.69) is 5.32 Å². The number of carbonyl (C=O) groups excluding carboxylic acids is 1. The van der Waals surface area contributed by atoms with Gasteiger partial charge >= 0.3 is 0 Å². The first kappa shape index (κ1) is 20.5. The fourth-order valence-corrected chi connectivity index (χ4v) is 3.23. The van der Waals surface area contributed by atoms with Crippen LogP contribution in [-0.4, -0.2) is 25.7 Å². The summed E-state index contributed by atoms with van der Waals surface area (Å²) in [6, 6.07) is 11.8. The summed E-state index contributed by atoms with van der Waals surface area (Å²) < 4.78 is 16.9. The third-order valence-corrected chi connectivity index (χ3v) is 4.58. The minimum absolute atomic E-state index is 0.0796. The van der Waals surface area contributed by atoms with Crippen molar-refractivity contribution in [2.75, 3.05) is 13.7 Å².